The third-order valence-electron chi connectivity index (χ3n) is 6.03. The van der Waals surface area contributed by atoms with Crippen molar-refractivity contribution in [2.24, 2.45) is 5.92 Å². The Hall–Kier alpha value is -1.70. The summed E-state index contributed by atoms with van der Waals surface area (Å²) in [6.07, 6.45) is 13.0. The molecule has 0 spiro atoms. The van der Waals surface area contributed by atoms with Gasteiger partial charge in [-0.05, 0) is 67.2 Å². The lowest BCUT2D eigenvalue weighted by Gasteiger charge is -2.29. The first-order chi connectivity index (χ1) is 12.7. The second-order valence-electron chi connectivity index (χ2n) is 7.85. The molecule has 26 heavy (non-hydrogen) atoms. The van der Waals surface area contributed by atoms with Gasteiger partial charge in [-0.1, -0.05) is 57.7 Å². The molecular formula is C24H32FN. The summed E-state index contributed by atoms with van der Waals surface area (Å²) in [6, 6.07) is 9.79. The maximum absolute atomic E-state index is 14.8. The zero-order valence-corrected chi connectivity index (χ0v) is 16.3. The third-order valence-corrected chi connectivity index (χ3v) is 6.03. The number of nitrogens with zero attached hydrogens (tertiary/aromatic N) is 1. The zero-order valence-electron chi connectivity index (χ0n) is 16.3. The number of aromatic nitrogens is 1. The van der Waals surface area contributed by atoms with Crippen LogP contribution in [0.1, 0.15) is 82.3 Å². The van der Waals surface area contributed by atoms with Gasteiger partial charge in [0, 0.05) is 11.8 Å². The van der Waals surface area contributed by atoms with Crippen LogP contribution in [0.4, 0.5) is 4.39 Å². The topological polar surface area (TPSA) is 12.9 Å². The first-order valence-corrected chi connectivity index (χ1v) is 10.5. The van der Waals surface area contributed by atoms with Crippen LogP contribution < -0.4 is 0 Å². The molecule has 3 rings (SSSR count). The van der Waals surface area contributed by atoms with Gasteiger partial charge >= 0.3 is 0 Å². The van der Waals surface area contributed by atoms with Crippen LogP contribution in [0.25, 0.3) is 11.3 Å². The lowest BCUT2D eigenvalue weighted by Crippen LogP contribution is -2.14. The van der Waals surface area contributed by atoms with Crippen LogP contribution in [0.15, 0.2) is 36.5 Å². The first-order valence-electron chi connectivity index (χ1n) is 10.5. The summed E-state index contributed by atoms with van der Waals surface area (Å²) >= 11 is 0. The molecule has 1 aromatic heterocycles. The predicted octanol–water partition coefficient (Wildman–Crippen LogP) is 7.30. The molecule has 2 aromatic rings. The summed E-state index contributed by atoms with van der Waals surface area (Å²) in [7, 11) is 0. The van der Waals surface area contributed by atoms with Gasteiger partial charge in [0.25, 0.3) is 0 Å². The van der Waals surface area contributed by atoms with Crippen molar-refractivity contribution in [2.75, 3.05) is 0 Å². The Morgan fingerprint density at radius 1 is 1.00 bits per heavy atom. The van der Waals surface area contributed by atoms with Crippen molar-refractivity contribution in [3.63, 3.8) is 0 Å². The largest absolute Gasteiger partial charge is 0.256 e. The summed E-state index contributed by atoms with van der Waals surface area (Å²) in [6.45, 7) is 4.38. The average molecular weight is 354 g/mol. The number of hydrogen-bond acceptors (Lipinski definition) is 1. The Bertz CT molecular complexity index is 684. The van der Waals surface area contributed by atoms with E-state index < -0.39 is 0 Å². The minimum absolute atomic E-state index is 0.0571. The number of benzene rings is 1. The van der Waals surface area contributed by atoms with E-state index in [1.807, 2.05) is 24.4 Å². The molecule has 2 heteroatoms. The highest BCUT2D eigenvalue weighted by Gasteiger charge is 2.24. The van der Waals surface area contributed by atoms with E-state index in [0.717, 1.165) is 42.0 Å². The van der Waals surface area contributed by atoms with Crippen molar-refractivity contribution in [1.82, 2.24) is 4.98 Å². The number of halogens is 1. The summed E-state index contributed by atoms with van der Waals surface area (Å²) < 4.78 is 14.8. The molecule has 0 radical (unpaired) electrons. The number of pyridine rings is 1. The van der Waals surface area contributed by atoms with Crippen molar-refractivity contribution >= 4 is 0 Å². The highest BCUT2D eigenvalue weighted by Crippen LogP contribution is 2.39. The van der Waals surface area contributed by atoms with E-state index in [-0.39, 0.29) is 5.82 Å². The number of unbranched alkanes of at least 4 members (excludes halogenated alkanes) is 2. The van der Waals surface area contributed by atoms with E-state index in [4.69, 9.17) is 0 Å². The Kier molecular flexibility index (Phi) is 6.82. The quantitative estimate of drug-likeness (QED) is 0.476. The van der Waals surface area contributed by atoms with Gasteiger partial charge in [-0.25, -0.2) is 4.39 Å². The molecule has 0 N–H and O–H groups in total. The van der Waals surface area contributed by atoms with E-state index in [1.165, 1.54) is 44.1 Å². The molecular weight excluding hydrogens is 321 g/mol. The van der Waals surface area contributed by atoms with Crippen LogP contribution in [0.3, 0.4) is 0 Å². The molecule has 1 aliphatic carbocycles. The van der Waals surface area contributed by atoms with Gasteiger partial charge in [-0.15, -0.1) is 0 Å². The van der Waals surface area contributed by atoms with E-state index in [2.05, 4.69) is 24.9 Å². The molecule has 0 unspecified atom stereocenters. The van der Waals surface area contributed by atoms with E-state index in [9.17, 15) is 4.39 Å². The molecule has 1 heterocycles. The monoisotopic (exact) mass is 353 g/mol. The molecule has 0 bridgehead atoms. The second-order valence-corrected chi connectivity index (χ2v) is 7.85. The van der Waals surface area contributed by atoms with Crippen molar-refractivity contribution in [1.29, 1.82) is 0 Å². The van der Waals surface area contributed by atoms with Gasteiger partial charge in [0.15, 0.2) is 0 Å². The molecule has 1 aromatic carbocycles. The maximum Gasteiger partial charge on any atom is 0.127 e. The van der Waals surface area contributed by atoms with Crippen molar-refractivity contribution in [3.05, 3.63) is 53.5 Å². The van der Waals surface area contributed by atoms with Gasteiger partial charge in [0.2, 0.25) is 0 Å². The van der Waals surface area contributed by atoms with Crippen molar-refractivity contribution < 1.29 is 4.39 Å². The fourth-order valence-electron chi connectivity index (χ4n) is 4.27. The van der Waals surface area contributed by atoms with Crippen molar-refractivity contribution in [3.8, 4) is 11.3 Å². The Morgan fingerprint density at radius 2 is 1.81 bits per heavy atom. The van der Waals surface area contributed by atoms with Crippen LogP contribution in [0.2, 0.25) is 0 Å². The van der Waals surface area contributed by atoms with Crippen LogP contribution >= 0.6 is 0 Å². The third kappa shape index (κ3) is 4.72. The molecule has 0 atom stereocenters. The predicted molar refractivity (Wildman–Crippen MR) is 108 cm³/mol. The molecule has 1 aliphatic rings. The van der Waals surface area contributed by atoms with Gasteiger partial charge in [0.1, 0.15) is 5.82 Å². The average Bonchev–Trinajstić information content (AvgIpc) is 2.69. The fraction of sp³-hybridized carbons (Fsp3) is 0.542. The maximum atomic E-state index is 14.8. The molecule has 0 saturated heterocycles. The summed E-state index contributed by atoms with van der Waals surface area (Å²) in [5.41, 5.74) is 3.85. The fourth-order valence-corrected chi connectivity index (χ4v) is 4.27. The molecule has 0 amide bonds. The summed E-state index contributed by atoms with van der Waals surface area (Å²) in [5, 5.41) is 0. The number of rotatable bonds is 7. The van der Waals surface area contributed by atoms with Gasteiger partial charge in [-0.3, -0.25) is 4.98 Å². The van der Waals surface area contributed by atoms with Crippen molar-refractivity contribution in [2.45, 2.75) is 77.6 Å². The molecule has 1 fully saturated rings. The summed E-state index contributed by atoms with van der Waals surface area (Å²) in [4.78, 5) is 4.48. The van der Waals surface area contributed by atoms with Gasteiger partial charge in [0.05, 0.1) is 5.69 Å². The molecule has 1 nitrogen and oxygen atoms in total. The standard InChI is InChI=1S/C24H32FN/c1-3-5-6-7-19-8-11-20(12-9-19)22-14-13-21(16-23(22)25)24-15-10-18(4-2)17-26-24/h10,13-17,19-20H,3-9,11-12H2,1-2H3. The number of aryl methyl sites for hydroxylation is 1. The lowest BCUT2D eigenvalue weighted by atomic mass is 9.76. The lowest BCUT2D eigenvalue weighted by molar-refractivity contribution is 0.299. The molecule has 1 saturated carbocycles. The zero-order chi connectivity index (χ0) is 18.4. The van der Waals surface area contributed by atoms with Gasteiger partial charge < -0.3 is 0 Å². The highest BCUT2D eigenvalue weighted by molar-refractivity contribution is 5.60. The van der Waals surface area contributed by atoms with Gasteiger partial charge in [-0.2, -0.15) is 0 Å². The Morgan fingerprint density at radius 3 is 2.42 bits per heavy atom. The SMILES string of the molecule is CCCCCC1CCC(c2ccc(-c3ccc(CC)cn3)cc2F)CC1. The highest BCUT2D eigenvalue weighted by atomic mass is 19.1. The normalized spacial score (nSPS) is 20.3. The Balaban J connectivity index is 1.63. The van der Waals surface area contributed by atoms with E-state index >= 15 is 0 Å². The minimum atomic E-state index is -0.0571. The van der Waals surface area contributed by atoms with Crippen LogP contribution in [-0.4, -0.2) is 4.98 Å². The summed E-state index contributed by atoms with van der Waals surface area (Å²) in [5.74, 6) is 1.20. The smallest absolute Gasteiger partial charge is 0.127 e. The van der Waals surface area contributed by atoms with Crippen LogP contribution in [0.5, 0.6) is 0 Å². The Labute approximate surface area is 158 Å². The second kappa shape index (κ2) is 9.30. The van der Waals surface area contributed by atoms with Crippen LogP contribution in [0, 0.1) is 11.7 Å². The molecule has 0 aliphatic heterocycles. The minimum Gasteiger partial charge on any atom is -0.256 e. The van der Waals surface area contributed by atoms with E-state index in [0.29, 0.717) is 5.92 Å². The van der Waals surface area contributed by atoms with E-state index in [1.54, 1.807) is 6.07 Å². The number of hydrogen-bond donors (Lipinski definition) is 0. The first kappa shape index (κ1) is 19.1. The van der Waals surface area contributed by atoms with Crippen LogP contribution in [-0.2, 0) is 6.42 Å². The molecule has 140 valence electrons.